The summed E-state index contributed by atoms with van der Waals surface area (Å²) in [5.41, 5.74) is 0.939. The highest BCUT2D eigenvalue weighted by Crippen LogP contribution is 2.31. The van der Waals surface area contributed by atoms with E-state index in [1.165, 1.54) is 0 Å². The summed E-state index contributed by atoms with van der Waals surface area (Å²) < 4.78 is 0. The van der Waals surface area contributed by atoms with E-state index in [4.69, 9.17) is 4.98 Å². The maximum atomic E-state index is 12.3. The van der Waals surface area contributed by atoms with Crippen molar-refractivity contribution in [1.82, 2.24) is 15.2 Å². The van der Waals surface area contributed by atoms with Crippen LogP contribution in [0.5, 0.6) is 0 Å². The van der Waals surface area contributed by atoms with Gasteiger partial charge in [0.1, 0.15) is 0 Å². The van der Waals surface area contributed by atoms with E-state index >= 15 is 0 Å². The summed E-state index contributed by atoms with van der Waals surface area (Å²) >= 11 is 1.66. The average Bonchev–Trinajstić information content (AvgIpc) is 3.30. The predicted molar refractivity (Wildman–Crippen MR) is 94.7 cm³/mol. The molecule has 2 aliphatic rings. The number of piperidine rings is 1. The molecule has 1 N–H and O–H groups in total. The van der Waals surface area contributed by atoms with E-state index in [-0.39, 0.29) is 17.7 Å². The minimum atomic E-state index is 0.160. The van der Waals surface area contributed by atoms with Gasteiger partial charge in [-0.1, -0.05) is 13.8 Å². The quantitative estimate of drug-likeness (QED) is 0.859. The van der Waals surface area contributed by atoms with E-state index in [2.05, 4.69) is 19.2 Å². The van der Waals surface area contributed by atoms with Gasteiger partial charge >= 0.3 is 0 Å². The molecule has 1 atom stereocenters. The van der Waals surface area contributed by atoms with Crippen molar-refractivity contribution in [2.24, 2.45) is 11.8 Å². The molecule has 1 saturated carbocycles. The molecule has 0 spiro atoms. The van der Waals surface area contributed by atoms with Crippen molar-refractivity contribution in [1.29, 1.82) is 0 Å². The van der Waals surface area contributed by atoms with Gasteiger partial charge in [-0.15, -0.1) is 11.3 Å². The molecule has 0 unspecified atom stereocenters. The first-order chi connectivity index (χ1) is 11.5. The molecule has 1 aromatic rings. The summed E-state index contributed by atoms with van der Waals surface area (Å²) in [6.45, 7) is 6.35. The number of amides is 2. The lowest BCUT2D eigenvalue weighted by Gasteiger charge is -2.32. The van der Waals surface area contributed by atoms with Crippen LogP contribution in [0.4, 0.5) is 0 Å². The Hall–Kier alpha value is -1.43. The van der Waals surface area contributed by atoms with Gasteiger partial charge in [0.15, 0.2) is 0 Å². The average molecular weight is 350 g/mol. The number of hydrogen-bond donors (Lipinski definition) is 1. The first kappa shape index (κ1) is 17.4. The van der Waals surface area contributed by atoms with E-state index in [1.807, 2.05) is 10.3 Å². The van der Waals surface area contributed by atoms with Crippen LogP contribution in [-0.4, -0.2) is 34.8 Å². The lowest BCUT2D eigenvalue weighted by Crippen LogP contribution is -2.39. The summed E-state index contributed by atoms with van der Waals surface area (Å²) in [5.74, 6) is 1.41. The fourth-order valence-electron chi connectivity index (χ4n) is 3.14. The fourth-order valence-corrected chi connectivity index (χ4v) is 4.09. The van der Waals surface area contributed by atoms with E-state index in [1.54, 1.807) is 11.3 Å². The molecule has 2 fully saturated rings. The number of rotatable bonds is 6. The Balaban J connectivity index is 1.53. The molecule has 132 valence electrons. The molecule has 1 aliphatic carbocycles. The zero-order chi connectivity index (χ0) is 17.1. The van der Waals surface area contributed by atoms with Crippen LogP contribution in [0.25, 0.3) is 0 Å². The number of hydrogen-bond acceptors (Lipinski definition) is 4. The highest BCUT2D eigenvalue weighted by Gasteiger charge is 2.30. The molecule has 1 aromatic heterocycles. The lowest BCUT2D eigenvalue weighted by atomic mass is 9.97. The van der Waals surface area contributed by atoms with Crippen molar-refractivity contribution in [2.45, 2.75) is 58.4 Å². The van der Waals surface area contributed by atoms with Gasteiger partial charge in [0, 0.05) is 36.7 Å². The topological polar surface area (TPSA) is 62.3 Å². The molecular weight excluding hydrogens is 322 g/mol. The summed E-state index contributed by atoms with van der Waals surface area (Å²) in [6, 6.07) is 0. The Kier molecular flexibility index (Phi) is 5.54. The Bertz CT molecular complexity index is 595. The monoisotopic (exact) mass is 349 g/mol. The van der Waals surface area contributed by atoms with Gasteiger partial charge in [0.25, 0.3) is 0 Å². The van der Waals surface area contributed by atoms with Crippen LogP contribution in [0.2, 0.25) is 0 Å². The number of likely N-dealkylation sites (tertiary alicyclic amines) is 1. The molecule has 1 saturated heterocycles. The second kappa shape index (κ2) is 7.64. The zero-order valence-corrected chi connectivity index (χ0v) is 15.4. The Labute approximate surface area is 147 Å². The van der Waals surface area contributed by atoms with Gasteiger partial charge in [0.2, 0.25) is 11.8 Å². The van der Waals surface area contributed by atoms with E-state index in [0.717, 1.165) is 49.5 Å². The van der Waals surface area contributed by atoms with Crippen LogP contribution in [-0.2, 0) is 16.1 Å². The fraction of sp³-hybridized carbons (Fsp3) is 0.722. The molecule has 5 nitrogen and oxygen atoms in total. The van der Waals surface area contributed by atoms with Crippen LogP contribution >= 0.6 is 11.3 Å². The van der Waals surface area contributed by atoms with Crippen LogP contribution in [0.3, 0.4) is 0 Å². The smallest absolute Gasteiger partial charge is 0.223 e. The van der Waals surface area contributed by atoms with E-state index in [0.29, 0.717) is 24.8 Å². The number of carbonyl (C=O) groups excluding carboxylic acids is 2. The standard InChI is InChI=1S/C18H27N3O2S/c1-12(2)8-16(22)21-7-3-4-14(10-21)18-20-15(11-24-18)9-19-17(23)13-5-6-13/h11-14H,3-10H2,1-2H3,(H,19,23)/t14-/m1/s1. The van der Waals surface area contributed by atoms with Crippen molar-refractivity contribution in [2.75, 3.05) is 13.1 Å². The minimum absolute atomic E-state index is 0.160. The molecule has 24 heavy (non-hydrogen) atoms. The van der Waals surface area contributed by atoms with E-state index in [9.17, 15) is 9.59 Å². The summed E-state index contributed by atoms with van der Waals surface area (Å²) in [6.07, 6.45) is 4.81. The Morgan fingerprint density at radius 1 is 1.38 bits per heavy atom. The third-order valence-electron chi connectivity index (χ3n) is 4.67. The molecule has 1 aliphatic heterocycles. The summed E-state index contributed by atoms with van der Waals surface area (Å²) in [7, 11) is 0. The van der Waals surface area contributed by atoms with Gasteiger partial charge in [0.05, 0.1) is 17.2 Å². The maximum absolute atomic E-state index is 12.3. The molecule has 2 amide bonds. The maximum Gasteiger partial charge on any atom is 0.223 e. The van der Waals surface area contributed by atoms with Crippen LogP contribution in [0.15, 0.2) is 5.38 Å². The molecule has 0 radical (unpaired) electrons. The highest BCUT2D eigenvalue weighted by atomic mass is 32.1. The third-order valence-corrected chi connectivity index (χ3v) is 5.72. The Morgan fingerprint density at radius 3 is 2.88 bits per heavy atom. The SMILES string of the molecule is CC(C)CC(=O)N1CCC[C@@H](c2nc(CNC(=O)C3CC3)cs2)C1. The summed E-state index contributed by atoms with van der Waals surface area (Å²) in [4.78, 5) is 30.7. The number of nitrogens with one attached hydrogen (secondary N) is 1. The molecule has 0 bridgehead atoms. The number of nitrogens with zero attached hydrogens (tertiary/aromatic N) is 2. The van der Waals surface area contributed by atoms with Crippen molar-refractivity contribution in [3.05, 3.63) is 16.1 Å². The predicted octanol–water partition coefficient (Wildman–Crippen LogP) is 2.92. The Morgan fingerprint density at radius 2 is 2.17 bits per heavy atom. The zero-order valence-electron chi connectivity index (χ0n) is 14.6. The van der Waals surface area contributed by atoms with Crippen LogP contribution in [0.1, 0.15) is 62.6 Å². The van der Waals surface area contributed by atoms with Gasteiger partial charge in [-0.25, -0.2) is 4.98 Å². The van der Waals surface area contributed by atoms with Crippen LogP contribution < -0.4 is 5.32 Å². The summed E-state index contributed by atoms with van der Waals surface area (Å²) in [5, 5.41) is 6.11. The normalized spacial score (nSPS) is 21.1. The number of thiazole rings is 1. The van der Waals surface area contributed by atoms with Gasteiger partial charge in [-0.3, -0.25) is 9.59 Å². The van der Waals surface area contributed by atoms with Crippen molar-refractivity contribution < 1.29 is 9.59 Å². The van der Waals surface area contributed by atoms with Crippen molar-refractivity contribution in [3.63, 3.8) is 0 Å². The second-order valence-electron chi connectivity index (χ2n) is 7.45. The first-order valence-electron chi connectivity index (χ1n) is 9.02. The number of aromatic nitrogens is 1. The minimum Gasteiger partial charge on any atom is -0.350 e. The van der Waals surface area contributed by atoms with E-state index < -0.39 is 0 Å². The van der Waals surface area contributed by atoms with Gasteiger partial charge < -0.3 is 10.2 Å². The molecule has 0 aromatic carbocycles. The largest absolute Gasteiger partial charge is 0.350 e. The lowest BCUT2D eigenvalue weighted by molar-refractivity contribution is -0.133. The van der Waals surface area contributed by atoms with Gasteiger partial charge in [-0.2, -0.15) is 0 Å². The highest BCUT2D eigenvalue weighted by molar-refractivity contribution is 7.09. The molecular formula is C18H27N3O2S. The van der Waals surface area contributed by atoms with Crippen molar-refractivity contribution >= 4 is 23.2 Å². The van der Waals surface area contributed by atoms with Gasteiger partial charge in [-0.05, 0) is 31.6 Å². The molecule has 2 heterocycles. The second-order valence-corrected chi connectivity index (χ2v) is 8.34. The third kappa shape index (κ3) is 4.56. The van der Waals surface area contributed by atoms with Crippen LogP contribution in [0, 0.1) is 11.8 Å². The molecule has 6 heteroatoms. The molecule has 3 rings (SSSR count). The first-order valence-corrected chi connectivity index (χ1v) is 9.90. The van der Waals surface area contributed by atoms with Crippen molar-refractivity contribution in [3.8, 4) is 0 Å². The number of carbonyl (C=O) groups is 2.